The van der Waals surface area contributed by atoms with E-state index in [0.29, 0.717) is 11.4 Å². The lowest BCUT2D eigenvalue weighted by atomic mass is 10.0. The fourth-order valence-electron chi connectivity index (χ4n) is 2.26. The number of carbonyl (C=O) groups is 3. The van der Waals surface area contributed by atoms with E-state index in [1.165, 1.54) is 0 Å². The van der Waals surface area contributed by atoms with Gasteiger partial charge >= 0.3 is 0 Å². The number of benzene rings is 1. The number of amides is 3. The summed E-state index contributed by atoms with van der Waals surface area (Å²) >= 11 is 0. The minimum atomic E-state index is -0.926. The lowest BCUT2D eigenvalue weighted by molar-refractivity contribution is -0.153. The summed E-state index contributed by atoms with van der Waals surface area (Å²) < 4.78 is 0. The lowest BCUT2D eigenvalue weighted by Gasteiger charge is -2.26. The molecular weight excluding hydrogens is 322 g/mol. The second kappa shape index (κ2) is 9.87. The minimum Gasteiger partial charge on any atom is -0.322 e. The fourth-order valence-corrected chi connectivity index (χ4v) is 2.26. The molecule has 1 aromatic rings. The first kappa shape index (κ1) is 20.8. The van der Waals surface area contributed by atoms with Gasteiger partial charge in [0.25, 0.3) is 17.7 Å². The highest BCUT2D eigenvalue weighted by Gasteiger charge is 2.29. The molecule has 0 heterocycles. The average Bonchev–Trinajstić information content (AvgIpc) is 2.58. The maximum absolute atomic E-state index is 12.4. The molecule has 0 saturated heterocycles. The first-order chi connectivity index (χ1) is 11.8. The van der Waals surface area contributed by atoms with E-state index in [9.17, 15) is 14.4 Å². The predicted octanol–water partition coefficient (Wildman–Crippen LogP) is -0.725. The molecule has 8 nitrogen and oxygen atoms in total. The van der Waals surface area contributed by atoms with Crippen LogP contribution in [0.4, 0.5) is 0 Å². The number of hydrazine groups is 1. The maximum atomic E-state index is 12.4. The number of carbonyl (C=O) groups excluding carboxylic acids is 3. The zero-order valence-electron chi connectivity index (χ0n) is 14.6. The molecular formula is C17H27N5O3. The average molecular weight is 349 g/mol. The van der Waals surface area contributed by atoms with Gasteiger partial charge in [0, 0.05) is 0 Å². The highest BCUT2D eigenvalue weighted by Crippen LogP contribution is 2.06. The van der Waals surface area contributed by atoms with Crippen molar-refractivity contribution >= 4 is 17.7 Å². The second-order valence-corrected chi connectivity index (χ2v) is 6.28. The van der Waals surface area contributed by atoms with E-state index in [1.807, 2.05) is 44.2 Å². The molecule has 1 rings (SSSR count). The van der Waals surface area contributed by atoms with Gasteiger partial charge in [0.1, 0.15) is 0 Å². The number of nitrogens with one attached hydrogen (secondary N) is 1. The van der Waals surface area contributed by atoms with Gasteiger partial charge < -0.3 is 17.2 Å². The molecule has 2 unspecified atom stereocenters. The molecule has 0 aliphatic rings. The number of hydrogen-bond donors (Lipinski definition) is 4. The van der Waals surface area contributed by atoms with E-state index >= 15 is 0 Å². The van der Waals surface area contributed by atoms with Crippen LogP contribution >= 0.6 is 0 Å². The number of rotatable bonds is 7. The van der Waals surface area contributed by atoms with Gasteiger partial charge in [0.05, 0.1) is 18.6 Å². The maximum Gasteiger partial charge on any atom is 0.265 e. The summed E-state index contributed by atoms with van der Waals surface area (Å²) in [7, 11) is 0. The molecule has 0 aliphatic carbocycles. The van der Waals surface area contributed by atoms with Crippen molar-refractivity contribution in [2.45, 2.75) is 38.8 Å². The van der Waals surface area contributed by atoms with Crippen LogP contribution in [0.2, 0.25) is 0 Å². The first-order valence-electron chi connectivity index (χ1n) is 8.18. The molecule has 0 spiro atoms. The molecule has 0 saturated carbocycles. The number of nitrogens with zero attached hydrogens (tertiary/aromatic N) is 1. The molecule has 138 valence electrons. The van der Waals surface area contributed by atoms with Gasteiger partial charge in [-0.3, -0.25) is 19.8 Å². The Labute approximate surface area is 147 Å². The molecule has 0 fully saturated rings. The van der Waals surface area contributed by atoms with Gasteiger partial charge in [-0.1, -0.05) is 44.2 Å². The smallest absolute Gasteiger partial charge is 0.265 e. The summed E-state index contributed by atoms with van der Waals surface area (Å²) in [4.78, 5) is 36.6. The van der Waals surface area contributed by atoms with Crippen molar-refractivity contribution < 1.29 is 14.4 Å². The first-order valence-corrected chi connectivity index (χ1v) is 8.18. The van der Waals surface area contributed by atoms with Crippen molar-refractivity contribution in [1.82, 2.24) is 10.4 Å². The van der Waals surface area contributed by atoms with E-state index in [1.54, 1.807) is 0 Å². The van der Waals surface area contributed by atoms with E-state index in [2.05, 4.69) is 5.43 Å². The van der Waals surface area contributed by atoms with E-state index < -0.39 is 36.3 Å². The Morgan fingerprint density at radius 3 is 2.20 bits per heavy atom. The van der Waals surface area contributed by atoms with Gasteiger partial charge in [-0.15, -0.1) is 0 Å². The Kier molecular flexibility index (Phi) is 8.20. The van der Waals surface area contributed by atoms with Crippen LogP contribution in [0.1, 0.15) is 25.8 Å². The molecule has 8 heteroatoms. The molecule has 0 bridgehead atoms. The van der Waals surface area contributed by atoms with Crippen molar-refractivity contribution in [3.05, 3.63) is 35.9 Å². The third-order valence-corrected chi connectivity index (χ3v) is 3.54. The molecule has 7 N–H and O–H groups in total. The Balaban J connectivity index is 2.78. The monoisotopic (exact) mass is 349 g/mol. The van der Waals surface area contributed by atoms with E-state index in [4.69, 9.17) is 17.2 Å². The third-order valence-electron chi connectivity index (χ3n) is 3.54. The topological polar surface area (TPSA) is 145 Å². The van der Waals surface area contributed by atoms with Gasteiger partial charge in [-0.2, -0.15) is 5.01 Å². The zero-order valence-corrected chi connectivity index (χ0v) is 14.6. The highest BCUT2D eigenvalue weighted by molar-refractivity contribution is 6.00. The molecule has 0 radical (unpaired) electrons. The molecule has 2 atom stereocenters. The van der Waals surface area contributed by atoms with Gasteiger partial charge in [0.15, 0.2) is 0 Å². The van der Waals surface area contributed by atoms with Crippen LogP contribution in [0.3, 0.4) is 0 Å². The Hall–Kier alpha value is -2.29. The van der Waals surface area contributed by atoms with Crippen LogP contribution in [0, 0.1) is 5.92 Å². The predicted molar refractivity (Wildman–Crippen MR) is 94.6 cm³/mol. The number of hydrogen-bond acceptors (Lipinski definition) is 6. The van der Waals surface area contributed by atoms with Crippen LogP contribution in [0.25, 0.3) is 0 Å². The third kappa shape index (κ3) is 6.61. The molecule has 25 heavy (non-hydrogen) atoms. The van der Waals surface area contributed by atoms with Crippen LogP contribution in [-0.4, -0.2) is 41.4 Å². The van der Waals surface area contributed by atoms with Crippen LogP contribution in [0.15, 0.2) is 30.3 Å². The summed E-state index contributed by atoms with van der Waals surface area (Å²) in [6.45, 7) is 3.36. The molecule has 0 aliphatic heterocycles. The van der Waals surface area contributed by atoms with Crippen molar-refractivity contribution in [1.29, 1.82) is 0 Å². The summed E-state index contributed by atoms with van der Waals surface area (Å²) in [5.74, 6) is -1.95. The van der Waals surface area contributed by atoms with Gasteiger partial charge in [-0.25, -0.2) is 0 Å². The Morgan fingerprint density at radius 1 is 1.08 bits per heavy atom. The molecule has 1 aromatic carbocycles. The quantitative estimate of drug-likeness (QED) is 0.478. The van der Waals surface area contributed by atoms with E-state index in [-0.39, 0.29) is 12.3 Å². The molecule has 0 aromatic heterocycles. The largest absolute Gasteiger partial charge is 0.322 e. The van der Waals surface area contributed by atoms with Crippen molar-refractivity contribution in [2.24, 2.45) is 23.1 Å². The molecule has 3 amide bonds. The highest BCUT2D eigenvalue weighted by atomic mass is 16.2. The summed E-state index contributed by atoms with van der Waals surface area (Å²) in [6, 6.07) is 7.34. The summed E-state index contributed by atoms with van der Waals surface area (Å²) in [5, 5.41) is 0.584. The van der Waals surface area contributed by atoms with Crippen LogP contribution < -0.4 is 22.6 Å². The zero-order chi connectivity index (χ0) is 19.0. The number of imide groups is 1. The van der Waals surface area contributed by atoms with Crippen molar-refractivity contribution in [3.8, 4) is 0 Å². The standard InChI is InChI=1S/C17H27N5O3/c1-11(2)8-14(20)17(25)22(15(23)10-18)21-16(24)13(19)9-12-6-4-3-5-7-12/h3-7,11,13-14H,8-10,18-20H2,1-2H3,(H,21,24). The Bertz CT molecular complexity index is 591. The van der Waals surface area contributed by atoms with Crippen molar-refractivity contribution in [2.75, 3.05) is 6.54 Å². The van der Waals surface area contributed by atoms with Gasteiger partial charge in [-0.05, 0) is 24.3 Å². The fraction of sp³-hybridized carbons (Fsp3) is 0.471. The summed E-state index contributed by atoms with van der Waals surface area (Å²) in [6.07, 6.45) is 0.642. The van der Waals surface area contributed by atoms with Gasteiger partial charge in [0.2, 0.25) is 0 Å². The van der Waals surface area contributed by atoms with Crippen molar-refractivity contribution in [3.63, 3.8) is 0 Å². The van der Waals surface area contributed by atoms with Crippen LogP contribution in [-0.2, 0) is 20.8 Å². The van der Waals surface area contributed by atoms with Crippen LogP contribution in [0.5, 0.6) is 0 Å². The normalized spacial score (nSPS) is 13.2. The number of nitrogens with two attached hydrogens (primary N) is 3. The minimum absolute atomic E-state index is 0.157. The second-order valence-electron chi connectivity index (χ2n) is 6.28. The Morgan fingerprint density at radius 2 is 1.68 bits per heavy atom. The lowest BCUT2D eigenvalue weighted by Crippen LogP contribution is -2.59. The SMILES string of the molecule is CC(C)CC(N)C(=O)N(NC(=O)C(N)Cc1ccccc1)C(=O)CN. The van der Waals surface area contributed by atoms with E-state index in [0.717, 1.165) is 5.56 Å². The summed E-state index contributed by atoms with van der Waals surface area (Å²) in [5.41, 5.74) is 20.1.